The van der Waals surface area contributed by atoms with Crippen LogP contribution in [0.4, 0.5) is 5.69 Å². The molecule has 1 atom stereocenters. The number of piperidine rings is 1. The molecule has 1 saturated heterocycles. The Morgan fingerprint density at radius 3 is 2.76 bits per heavy atom. The first-order valence-electron chi connectivity index (χ1n) is 6.71. The molecule has 0 spiro atoms. The SMILES string of the molecule is O=CC1CCc2ccc(N3CCCCC3)cc21. The number of anilines is 1. The largest absolute Gasteiger partial charge is 0.372 e. The van der Waals surface area contributed by atoms with Crippen LogP contribution in [0.25, 0.3) is 0 Å². The van der Waals surface area contributed by atoms with Gasteiger partial charge in [-0.25, -0.2) is 0 Å². The molecule has 1 aromatic rings. The average molecular weight is 229 g/mol. The van der Waals surface area contributed by atoms with Crippen molar-refractivity contribution in [2.45, 2.75) is 38.0 Å². The maximum Gasteiger partial charge on any atom is 0.127 e. The van der Waals surface area contributed by atoms with Gasteiger partial charge in [-0.2, -0.15) is 0 Å². The predicted molar refractivity (Wildman–Crippen MR) is 69.6 cm³/mol. The number of hydrogen-bond acceptors (Lipinski definition) is 2. The molecule has 1 aliphatic carbocycles. The Labute approximate surface area is 103 Å². The molecule has 2 nitrogen and oxygen atoms in total. The highest BCUT2D eigenvalue weighted by atomic mass is 16.1. The van der Waals surface area contributed by atoms with Crippen LogP contribution in [0.1, 0.15) is 42.7 Å². The topological polar surface area (TPSA) is 20.3 Å². The van der Waals surface area contributed by atoms with Gasteiger partial charge in [-0.1, -0.05) is 6.07 Å². The van der Waals surface area contributed by atoms with E-state index in [0.717, 1.165) is 19.1 Å². The van der Waals surface area contributed by atoms with Gasteiger partial charge >= 0.3 is 0 Å². The van der Waals surface area contributed by atoms with Crippen molar-refractivity contribution < 1.29 is 4.79 Å². The van der Waals surface area contributed by atoms with Crippen molar-refractivity contribution >= 4 is 12.0 Å². The summed E-state index contributed by atoms with van der Waals surface area (Å²) in [6.07, 6.45) is 7.15. The molecule has 90 valence electrons. The van der Waals surface area contributed by atoms with Crippen LogP contribution in [0, 0.1) is 0 Å². The van der Waals surface area contributed by atoms with Gasteiger partial charge in [-0.3, -0.25) is 0 Å². The van der Waals surface area contributed by atoms with Gasteiger partial charge in [0.1, 0.15) is 6.29 Å². The fraction of sp³-hybridized carbons (Fsp3) is 0.533. The van der Waals surface area contributed by atoms with Crippen molar-refractivity contribution in [1.82, 2.24) is 0 Å². The first-order chi connectivity index (χ1) is 8.38. The summed E-state index contributed by atoms with van der Waals surface area (Å²) in [5.74, 6) is 0.148. The lowest BCUT2D eigenvalue weighted by Crippen LogP contribution is -2.29. The van der Waals surface area contributed by atoms with Crippen LogP contribution in [0.3, 0.4) is 0 Å². The van der Waals surface area contributed by atoms with Gasteiger partial charge in [0.15, 0.2) is 0 Å². The molecule has 1 unspecified atom stereocenters. The Morgan fingerprint density at radius 2 is 2.00 bits per heavy atom. The van der Waals surface area contributed by atoms with Crippen LogP contribution < -0.4 is 4.90 Å². The number of hydrogen-bond donors (Lipinski definition) is 0. The molecule has 1 aliphatic heterocycles. The molecule has 1 fully saturated rings. The third-order valence-corrected chi connectivity index (χ3v) is 4.14. The molecule has 0 saturated carbocycles. The Bertz CT molecular complexity index is 421. The summed E-state index contributed by atoms with van der Waals surface area (Å²) >= 11 is 0. The molecule has 1 aromatic carbocycles. The van der Waals surface area contributed by atoms with Gasteiger partial charge in [-0.05, 0) is 55.4 Å². The number of nitrogens with zero attached hydrogens (tertiary/aromatic N) is 1. The minimum atomic E-state index is 0.148. The Hall–Kier alpha value is -1.31. The number of rotatable bonds is 2. The second-order valence-electron chi connectivity index (χ2n) is 5.21. The highest BCUT2D eigenvalue weighted by Gasteiger charge is 2.23. The second-order valence-corrected chi connectivity index (χ2v) is 5.21. The van der Waals surface area contributed by atoms with E-state index in [1.54, 1.807) is 0 Å². The van der Waals surface area contributed by atoms with Crippen LogP contribution in [-0.4, -0.2) is 19.4 Å². The first-order valence-corrected chi connectivity index (χ1v) is 6.71. The van der Waals surface area contributed by atoms with Gasteiger partial charge in [0.25, 0.3) is 0 Å². The van der Waals surface area contributed by atoms with E-state index >= 15 is 0 Å². The van der Waals surface area contributed by atoms with Crippen LogP contribution in [0.15, 0.2) is 18.2 Å². The quantitative estimate of drug-likeness (QED) is 0.727. The smallest absolute Gasteiger partial charge is 0.127 e. The fourth-order valence-electron chi connectivity index (χ4n) is 3.11. The highest BCUT2D eigenvalue weighted by Crippen LogP contribution is 2.34. The maximum absolute atomic E-state index is 11.0. The average Bonchev–Trinajstić information content (AvgIpc) is 2.81. The molecule has 2 heteroatoms. The monoisotopic (exact) mass is 229 g/mol. The second kappa shape index (κ2) is 4.52. The molecule has 1 heterocycles. The minimum Gasteiger partial charge on any atom is -0.372 e. The maximum atomic E-state index is 11.0. The number of benzene rings is 1. The molecular weight excluding hydrogens is 210 g/mol. The van der Waals surface area contributed by atoms with E-state index in [1.165, 1.54) is 49.2 Å². The lowest BCUT2D eigenvalue weighted by molar-refractivity contribution is -0.109. The summed E-state index contributed by atoms with van der Waals surface area (Å²) in [4.78, 5) is 13.5. The first kappa shape index (κ1) is 10.8. The summed E-state index contributed by atoms with van der Waals surface area (Å²) in [5.41, 5.74) is 3.98. The third-order valence-electron chi connectivity index (χ3n) is 4.14. The van der Waals surface area contributed by atoms with Crippen LogP contribution in [-0.2, 0) is 11.2 Å². The van der Waals surface area contributed by atoms with Crippen LogP contribution in [0.5, 0.6) is 0 Å². The number of aldehydes is 1. The third kappa shape index (κ3) is 1.97. The summed E-state index contributed by atoms with van der Waals surface area (Å²) in [6, 6.07) is 6.72. The molecule has 3 rings (SSSR count). The van der Waals surface area contributed by atoms with E-state index < -0.39 is 0 Å². The summed E-state index contributed by atoms with van der Waals surface area (Å²) in [5, 5.41) is 0. The molecule has 0 N–H and O–H groups in total. The van der Waals surface area contributed by atoms with E-state index in [1.807, 2.05) is 0 Å². The van der Waals surface area contributed by atoms with E-state index in [2.05, 4.69) is 23.1 Å². The molecule has 2 aliphatic rings. The molecule has 0 amide bonds. The zero-order valence-corrected chi connectivity index (χ0v) is 10.2. The van der Waals surface area contributed by atoms with Crippen LogP contribution >= 0.6 is 0 Å². The summed E-state index contributed by atoms with van der Waals surface area (Å²) in [6.45, 7) is 2.34. The zero-order valence-electron chi connectivity index (χ0n) is 10.2. The summed E-state index contributed by atoms with van der Waals surface area (Å²) < 4.78 is 0. The van der Waals surface area contributed by atoms with E-state index in [4.69, 9.17) is 0 Å². The number of fused-ring (bicyclic) bond motifs is 1. The van der Waals surface area contributed by atoms with Gasteiger partial charge in [0.2, 0.25) is 0 Å². The molecule has 0 radical (unpaired) electrons. The fourth-order valence-corrected chi connectivity index (χ4v) is 3.11. The van der Waals surface area contributed by atoms with E-state index in [0.29, 0.717) is 0 Å². The predicted octanol–water partition coefficient (Wildman–Crippen LogP) is 2.91. The van der Waals surface area contributed by atoms with Crippen molar-refractivity contribution in [2.75, 3.05) is 18.0 Å². The van der Waals surface area contributed by atoms with Gasteiger partial charge in [0, 0.05) is 24.7 Å². The molecule has 0 bridgehead atoms. The van der Waals surface area contributed by atoms with Crippen molar-refractivity contribution in [1.29, 1.82) is 0 Å². The van der Waals surface area contributed by atoms with Crippen molar-refractivity contribution in [2.24, 2.45) is 0 Å². The normalized spacial score (nSPS) is 23.5. The Balaban J connectivity index is 1.89. The van der Waals surface area contributed by atoms with Crippen molar-refractivity contribution in [3.63, 3.8) is 0 Å². The minimum absolute atomic E-state index is 0.148. The number of carbonyl (C=O) groups excluding carboxylic acids is 1. The highest BCUT2D eigenvalue weighted by molar-refractivity contribution is 5.67. The molecule has 0 aromatic heterocycles. The lowest BCUT2D eigenvalue weighted by Gasteiger charge is -2.29. The number of aryl methyl sites for hydroxylation is 1. The zero-order chi connectivity index (χ0) is 11.7. The Kier molecular flexibility index (Phi) is 2.87. The standard InChI is InChI=1S/C15H19NO/c17-11-13-5-4-12-6-7-14(10-15(12)13)16-8-2-1-3-9-16/h6-7,10-11,13H,1-5,8-9H2. The summed E-state index contributed by atoms with van der Waals surface area (Å²) in [7, 11) is 0. The number of carbonyl (C=O) groups is 1. The van der Waals surface area contributed by atoms with Crippen LogP contribution in [0.2, 0.25) is 0 Å². The van der Waals surface area contributed by atoms with Gasteiger partial charge in [-0.15, -0.1) is 0 Å². The lowest BCUT2D eigenvalue weighted by atomic mass is 10.0. The molecule has 17 heavy (non-hydrogen) atoms. The van der Waals surface area contributed by atoms with Gasteiger partial charge < -0.3 is 9.69 Å². The Morgan fingerprint density at radius 1 is 1.18 bits per heavy atom. The van der Waals surface area contributed by atoms with Crippen molar-refractivity contribution in [3.05, 3.63) is 29.3 Å². The van der Waals surface area contributed by atoms with Gasteiger partial charge in [0.05, 0.1) is 0 Å². The molecular formula is C15H19NO. The van der Waals surface area contributed by atoms with E-state index in [9.17, 15) is 4.79 Å². The van der Waals surface area contributed by atoms with E-state index in [-0.39, 0.29) is 5.92 Å². The van der Waals surface area contributed by atoms with Crippen molar-refractivity contribution in [3.8, 4) is 0 Å².